The van der Waals surface area contributed by atoms with Crippen molar-refractivity contribution in [1.82, 2.24) is 0 Å². The fourth-order valence-electron chi connectivity index (χ4n) is 2.74. The summed E-state index contributed by atoms with van der Waals surface area (Å²) in [7, 11) is 0. The minimum Gasteiger partial charge on any atom is -0.768 e. The number of hydrogen-bond donors (Lipinski definition) is 0. The molecule has 0 aliphatic rings. The Balaban J connectivity index is 2.47. The minimum atomic E-state index is -2.20. The Morgan fingerprint density at radius 1 is 0.955 bits per heavy atom. The Morgan fingerprint density at radius 2 is 1.55 bits per heavy atom. The van der Waals surface area contributed by atoms with E-state index in [9.17, 15) is 8.76 Å². The Kier molecular flexibility index (Phi) is 6.40. The lowest BCUT2D eigenvalue weighted by atomic mass is 10.1. The van der Waals surface area contributed by atoms with Gasteiger partial charge in [-0.2, -0.15) is 0 Å². The van der Waals surface area contributed by atoms with E-state index >= 15 is 0 Å². The van der Waals surface area contributed by atoms with Gasteiger partial charge in [0.05, 0.1) is 0 Å². The number of nitrogens with zero attached hydrogens (tertiary/aromatic N) is 1. The van der Waals surface area contributed by atoms with Gasteiger partial charge in [0.25, 0.3) is 0 Å². The minimum absolute atomic E-state index is 0.380. The second-order valence-electron chi connectivity index (χ2n) is 5.56. The normalized spacial score (nSPS) is 12.5. The molecule has 1 unspecified atom stereocenters. The van der Waals surface area contributed by atoms with Gasteiger partial charge in [0, 0.05) is 29.1 Å². The van der Waals surface area contributed by atoms with Crippen molar-refractivity contribution in [2.24, 2.45) is 0 Å². The third-order valence-electron chi connectivity index (χ3n) is 3.94. The number of anilines is 1. The van der Waals surface area contributed by atoms with Gasteiger partial charge in [0.15, 0.2) is 0 Å². The van der Waals surface area contributed by atoms with Crippen LogP contribution in [0.15, 0.2) is 41.3 Å². The zero-order valence-electron chi connectivity index (χ0n) is 13.4. The Labute approximate surface area is 135 Å². The molecule has 2 aromatic rings. The smallest absolute Gasteiger partial charge is 0.0446 e. The first-order chi connectivity index (χ1) is 10.7. The quantitative estimate of drug-likeness (QED) is 0.674. The summed E-state index contributed by atoms with van der Waals surface area (Å²) >= 11 is -2.20. The van der Waals surface area contributed by atoms with E-state index in [0.29, 0.717) is 4.90 Å². The van der Waals surface area contributed by atoms with E-state index < -0.39 is 11.1 Å². The summed E-state index contributed by atoms with van der Waals surface area (Å²) in [4.78, 5) is 2.78. The lowest BCUT2D eigenvalue weighted by molar-refractivity contribution is 0.538. The predicted octanol–water partition coefficient (Wildman–Crippen LogP) is 4.48. The molecule has 0 radical (unpaired) electrons. The Hall–Kier alpha value is -1.39. The largest absolute Gasteiger partial charge is 0.768 e. The maximum atomic E-state index is 11.4. The lowest BCUT2D eigenvalue weighted by Crippen LogP contribution is -2.25. The molecule has 0 N–H and O–H groups in total. The molecule has 0 bridgehead atoms. The molecule has 0 saturated heterocycles. The summed E-state index contributed by atoms with van der Waals surface area (Å²) in [5.41, 5.74) is 1.15. The SMILES string of the molecule is CCCCN(CCCC)c1cccc2c(S(=O)[O-])cccc12. The number of unbranched alkanes of at least 4 members (excludes halogenated alkanes) is 2. The molecule has 0 heterocycles. The van der Waals surface area contributed by atoms with E-state index in [1.54, 1.807) is 6.07 Å². The molecule has 2 aromatic carbocycles. The first-order valence-electron chi connectivity index (χ1n) is 8.05. The fourth-order valence-corrected chi connectivity index (χ4v) is 3.28. The standard InChI is InChI=1S/C18H25NO2S/c1-3-5-13-19(14-6-4-2)17-11-7-10-16-15(17)9-8-12-18(16)22(20)21/h7-12H,3-6,13-14H2,1-2H3,(H,20,21)/p-1. The molecule has 0 aromatic heterocycles. The average Bonchev–Trinajstić information content (AvgIpc) is 2.54. The van der Waals surface area contributed by atoms with Crippen molar-refractivity contribution < 1.29 is 8.76 Å². The molecule has 3 nitrogen and oxygen atoms in total. The molecule has 0 fully saturated rings. The van der Waals surface area contributed by atoms with Gasteiger partial charge in [0.1, 0.15) is 0 Å². The maximum absolute atomic E-state index is 11.4. The van der Waals surface area contributed by atoms with Crippen LogP contribution in [0, 0.1) is 0 Å². The van der Waals surface area contributed by atoms with Crippen molar-refractivity contribution in [3.05, 3.63) is 36.4 Å². The first kappa shape index (κ1) is 17.0. The molecule has 0 amide bonds. The summed E-state index contributed by atoms with van der Waals surface area (Å²) in [6, 6.07) is 11.5. The van der Waals surface area contributed by atoms with Gasteiger partial charge >= 0.3 is 0 Å². The molecule has 1 atom stereocenters. The maximum Gasteiger partial charge on any atom is 0.0446 e. The number of benzene rings is 2. The van der Waals surface area contributed by atoms with E-state index in [0.717, 1.165) is 55.2 Å². The van der Waals surface area contributed by atoms with Crippen LogP contribution in [0.3, 0.4) is 0 Å². The second kappa shape index (κ2) is 8.30. The zero-order valence-corrected chi connectivity index (χ0v) is 14.2. The van der Waals surface area contributed by atoms with Crippen LogP contribution in [0.5, 0.6) is 0 Å². The molecule has 4 heteroatoms. The van der Waals surface area contributed by atoms with Crippen LogP contribution >= 0.6 is 0 Å². The van der Waals surface area contributed by atoms with Crippen molar-refractivity contribution in [2.45, 2.75) is 44.4 Å². The van der Waals surface area contributed by atoms with E-state index in [-0.39, 0.29) is 0 Å². The van der Waals surface area contributed by atoms with Gasteiger partial charge in [-0.3, -0.25) is 4.21 Å². The van der Waals surface area contributed by atoms with Crippen LogP contribution in [0.2, 0.25) is 0 Å². The van der Waals surface area contributed by atoms with E-state index in [1.165, 1.54) is 0 Å². The van der Waals surface area contributed by atoms with Gasteiger partial charge in [-0.15, -0.1) is 0 Å². The van der Waals surface area contributed by atoms with Crippen molar-refractivity contribution in [1.29, 1.82) is 0 Å². The Morgan fingerprint density at radius 3 is 2.14 bits per heavy atom. The van der Waals surface area contributed by atoms with Gasteiger partial charge < -0.3 is 9.45 Å². The molecule has 0 spiro atoms. The molecule has 22 heavy (non-hydrogen) atoms. The van der Waals surface area contributed by atoms with Crippen LogP contribution in [0.1, 0.15) is 39.5 Å². The van der Waals surface area contributed by atoms with Gasteiger partial charge in [-0.1, -0.05) is 51.0 Å². The van der Waals surface area contributed by atoms with Crippen molar-refractivity contribution in [3.8, 4) is 0 Å². The van der Waals surface area contributed by atoms with Gasteiger partial charge in [-0.05, 0) is 41.4 Å². The van der Waals surface area contributed by atoms with Crippen LogP contribution < -0.4 is 4.90 Å². The number of fused-ring (bicyclic) bond motifs is 1. The third-order valence-corrected chi connectivity index (χ3v) is 4.66. The summed E-state index contributed by atoms with van der Waals surface area (Å²) in [5, 5.41) is 1.84. The lowest BCUT2D eigenvalue weighted by Gasteiger charge is -2.26. The van der Waals surface area contributed by atoms with E-state index in [4.69, 9.17) is 0 Å². The zero-order chi connectivity index (χ0) is 15.9. The van der Waals surface area contributed by atoms with Crippen LogP contribution in [0.25, 0.3) is 10.8 Å². The molecular formula is C18H24NO2S-. The average molecular weight is 318 g/mol. The number of rotatable bonds is 8. The van der Waals surface area contributed by atoms with Crippen molar-refractivity contribution in [3.63, 3.8) is 0 Å². The number of hydrogen-bond acceptors (Lipinski definition) is 3. The highest BCUT2D eigenvalue weighted by atomic mass is 32.2. The second-order valence-corrected chi connectivity index (χ2v) is 6.47. The highest BCUT2D eigenvalue weighted by Crippen LogP contribution is 2.30. The van der Waals surface area contributed by atoms with E-state index in [1.807, 2.05) is 24.3 Å². The predicted molar refractivity (Wildman–Crippen MR) is 93.2 cm³/mol. The first-order valence-corrected chi connectivity index (χ1v) is 9.12. The highest BCUT2D eigenvalue weighted by molar-refractivity contribution is 7.79. The summed E-state index contributed by atoms with van der Waals surface area (Å²) in [6.07, 6.45) is 4.60. The topological polar surface area (TPSA) is 43.4 Å². The monoisotopic (exact) mass is 318 g/mol. The molecule has 0 saturated carbocycles. The molecule has 0 aliphatic carbocycles. The molecule has 0 aliphatic heterocycles. The van der Waals surface area contributed by atoms with Crippen LogP contribution in [-0.2, 0) is 11.1 Å². The molecule has 2 rings (SSSR count). The van der Waals surface area contributed by atoms with Gasteiger partial charge in [-0.25, -0.2) is 0 Å². The molecule has 120 valence electrons. The van der Waals surface area contributed by atoms with Crippen LogP contribution in [-0.4, -0.2) is 21.9 Å². The van der Waals surface area contributed by atoms with Gasteiger partial charge in [0.2, 0.25) is 0 Å². The summed E-state index contributed by atoms with van der Waals surface area (Å²) < 4.78 is 22.9. The summed E-state index contributed by atoms with van der Waals surface area (Å²) in [6.45, 7) is 6.42. The fraction of sp³-hybridized carbons (Fsp3) is 0.444. The highest BCUT2D eigenvalue weighted by Gasteiger charge is 2.11. The third kappa shape index (κ3) is 3.87. The van der Waals surface area contributed by atoms with E-state index in [2.05, 4.69) is 24.8 Å². The van der Waals surface area contributed by atoms with Crippen molar-refractivity contribution >= 4 is 27.5 Å². The molecular weight excluding hydrogens is 294 g/mol. The van der Waals surface area contributed by atoms with Crippen molar-refractivity contribution in [2.75, 3.05) is 18.0 Å². The Bertz CT molecular complexity index is 634. The summed E-state index contributed by atoms with van der Waals surface area (Å²) in [5.74, 6) is 0. The van der Waals surface area contributed by atoms with Crippen LogP contribution in [0.4, 0.5) is 5.69 Å².